The number of Topliss-reactive ketones (excluding diaryl/α,β-unsaturated/α-hetero) is 1. The summed E-state index contributed by atoms with van der Waals surface area (Å²) in [5.41, 5.74) is 13.3. The van der Waals surface area contributed by atoms with Crippen LogP contribution in [-0.2, 0) is 0 Å². The van der Waals surface area contributed by atoms with E-state index in [9.17, 15) is 4.79 Å². The van der Waals surface area contributed by atoms with Gasteiger partial charge in [-0.15, -0.1) is 0 Å². The molecule has 0 N–H and O–H groups in total. The predicted molar refractivity (Wildman–Crippen MR) is 68.4 cm³/mol. The maximum atomic E-state index is 12.1. The Morgan fingerprint density at radius 1 is 1.24 bits per heavy atom. The Kier molecular flexibility index (Phi) is 4.30. The van der Waals surface area contributed by atoms with Gasteiger partial charge in [0.15, 0.2) is 5.78 Å². The van der Waals surface area contributed by atoms with Crippen LogP contribution < -0.4 is 0 Å². The first-order chi connectivity index (χ1) is 7.99. The van der Waals surface area contributed by atoms with Crippen LogP contribution in [-0.4, -0.2) is 12.3 Å². The molecule has 4 heteroatoms. The third kappa shape index (κ3) is 2.86. The van der Waals surface area contributed by atoms with Crippen molar-refractivity contribution in [2.75, 3.05) is 6.54 Å². The topological polar surface area (TPSA) is 65.8 Å². The average Bonchev–Trinajstić information content (AvgIpc) is 2.27. The molecule has 1 aromatic carbocycles. The third-order valence-electron chi connectivity index (χ3n) is 3.15. The summed E-state index contributed by atoms with van der Waals surface area (Å²) in [6.07, 6.45) is 0.272. The lowest BCUT2D eigenvalue weighted by atomic mass is 9.91. The van der Waals surface area contributed by atoms with Crippen molar-refractivity contribution in [3.63, 3.8) is 0 Å². The maximum absolute atomic E-state index is 12.1. The molecule has 0 saturated heterocycles. The highest BCUT2D eigenvalue weighted by atomic mass is 16.1. The van der Waals surface area contributed by atoms with Crippen LogP contribution >= 0.6 is 0 Å². The van der Waals surface area contributed by atoms with Crippen molar-refractivity contribution in [3.8, 4) is 0 Å². The number of aryl methyl sites for hydroxylation is 2. The Bertz CT molecular complexity index is 474. The smallest absolute Gasteiger partial charge is 0.163 e. The number of hydrogen-bond acceptors (Lipinski definition) is 2. The number of azide groups is 1. The van der Waals surface area contributed by atoms with Crippen molar-refractivity contribution in [2.24, 2.45) is 5.11 Å². The first kappa shape index (κ1) is 13.3. The normalized spacial score (nSPS) is 9.88. The number of nitrogens with zero attached hydrogens (tertiary/aromatic N) is 3. The van der Waals surface area contributed by atoms with E-state index in [4.69, 9.17) is 5.53 Å². The molecule has 0 bridgehead atoms. The molecular weight excluding hydrogens is 214 g/mol. The summed E-state index contributed by atoms with van der Waals surface area (Å²) in [6.45, 7) is 8.16. The van der Waals surface area contributed by atoms with Gasteiger partial charge >= 0.3 is 0 Å². The van der Waals surface area contributed by atoms with Crippen LogP contribution in [0.2, 0.25) is 0 Å². The molecule has 90 valence electrons. The quantitative estimate of drug-likeness (QED) is 0.336. The molecule has 0 aliphatic carbocycles. The molecule has 0 spiro atoms. The molecule has 0 aliphatic rings. The minimum atomic E-state index is 0.0548. The van der Waals surface area contributed by atoms with Gasteiger partial charge in [-0.05, 0) is 55.5 Å². The SMILES string of the molecule is Cc1cc(C)c(C)c(C(=O)CCN=[N+]=[N-])c1C. The van der Waals surface area contributed by atoms with E-state index in [2.05, 4.69) is 16.1 Å². The van der Waals surface area contributed by atoms with Gasteiger partial charge in [-0.3, -0.25) is 4.79 Å². The molecule has 0 fully saturated rings. The maximum Gasteiger partial charge on any atom is 0.163 e. The highest BCUT2D eigenvalue weighted by Crippen LogP contribution is 2.22. The van der Waals surface area contributed by atoms with Crippen LogP contribution in [0.15, 0.2) is 11.2 Å². The molecule has 0 radical (unpaired) electrons. The lowest BCUT2D eigenvalue weighted by molar-refractivity contribution is 0.0984. The number of rotatable bonds is 4. The predicted octanol–water partition coefficient (Wildman–Crippen LogP) is 3.80. The van der Waals surface area contributed by atoms with Crippen LogP contribution in [0.1, 0.15) is 39.0 Å². The Hall–Kier alpha value is -1.80. The molecule has 0 aliphatic heterocycles. The molecule has 0 unspecified atom stereocenters. The van der Waals surface area contributed by atoms with Gasteiger partial charge in [0.05, 0.1) is 0 Å². The summed E-state index contributed by atoms with van der Waals surface area (Å²) in [5, 5.41) is 3.40. The van der Waals surface area contributed by atoms with E-state index in [-0.39, 0.29) is 18.7 Å². The Balaban J connectivity index is 3.12. The van der Waals surface area contributed by atoms with Crippen LogP contribution in [0.5, 0.6) is 0 Å². The van der Waals surface area contributed by atoms with Gasteiger partial charge in [-0.25, -0.2) is 0 Å². The zero-order valence-corrected chi connectivity index (χ0v) is 10.7. The standard InChI is InChI=1S/C13H17N3O/c1-8-7-9(2)11(4)13(10(8)3)12(17)5-6-15-16-14/h7H,5-6H2,1-4H3. The molecule has 0 saturated carbocycles. The molecule has 0 atom stereocenters. The number of ketones is 1. The molecule has 1 aromatic rings. The third-order valence-corrected chi connectivity index (χ3v) is 3.15. The first-order valence-corrected chi connectivity index (χ1v) is 5.60. The highest BCUT2D eigenvalue weighted by Gasteiger charge is 2.14. The fourth-order valence-electron chi connectivity index (χ4n) is 1.96. The summed E-state index contributed by atoms with van der Waals surface area (Å²) in [5.74, 6) is 0.0548. The lowest BCUT2D eigenvalue weighted by Crippen LogP contribution is -2.08. The second-order valence-corrected chi connectivity index (χ2v) is 4.26. The Labute approximate surface area is 101 Å². The van der Waals surface area contributed by atoms with E-state index >= 15 is 0 Å². The summed E-state index contributed by atoms with van der Waals surface area (Å²) >= 11 is 0. The number of benzene rings is 1. The summed E-state index contributed by atoms with van der Waals surface area (Å²) in [6, 6.07) is 2.09. The molecule has 0 heterocycles. The minimum absolute atomic E-state index is 0.0548. The van der Waals surface area contributed by atoms with E-state index in [1.807, 2.05) is 27.7 Å². The molecule has 17 heavy (non-hydrogen) atoms. The molecular formula is C13H17N3O. The lowest BCUT2D eigenvalue weighted by Gasteiger charge is -2.13. The van der Waals surface area contributed by atoms with Crippen molar-refractivity contribution >= 4 is 5.78 Å². The minimum Gasteiger partial charge on any atom is -0.294 e. The zero-order chi connectivity index (χ0) is 13.0. The van der Waals surface area contributed by atoms with Crippen molar-refractivity contribution in [1.82, 2.24) is 0 Å². The van der Waals surface area contributed by atoms with Crippen molar-refractivity contribution in [2.45, 2.75) is 34.1 Å². The second-order valence-electron chi connectivity index (χ2n) is 4.26. The summed E-state index contributed by atoms with van der Waals surface area (Å²) in [4.78, 5) is 14.7. The van der Waals surface area contributed by atoms with E-state index in [1.165, 1.54) is 0 Å². The summed E-state index contributed by atoms with van der Waals surface area (Å²) < 4.78 is 0. The molecule has 4 nitrogen and oxygen atoms in total. The number of carbonyl (C=O) groups is 1. The van der Waals surface area contributed by atoms with Crippen molar-refractivity contribution < 1.29 is 4.79 Å². The van der Waals surface area contributed by atoms with Crippen LogP contribution in [0.3, 0.4) is 0 Å². The Morgan fingerprint density at radius 2 is 1.76 bits per heavy atom. The Morgan fingerprint density at radius 3 is 2.24 bits per heavy atom. The van der Waals surface area contributed by atoms with Gasteiger partial charge < -0.3 is 0 Å². The van der Waals surface area contributed by atoms with E-state index < -0.39 is 0 Å². The molecule has 0 amide bonds. The average molecular weight is 231 g/mol. The van der Waals surface area contributed by atoms with Gasteiger partial charge in [0.1, 0.15) is 0 Å². The zero-order valence-electron chi connectivity index (χ0n) is 10.7. The number of carbonyl (C=O) groups excluding carboxylic acids is 1. The van der Waals surface area contributed by atoms with Gasteiger partial charge in [0.2, 0.25) is 0 Å². The van der Waals surface area contributed by atoms with Crippen molar-refractivity contribution in [1.29, 1.82) is 0 Å². The van der Waals surface area contributed by atoms with E-state index in [1.54, 1.807) is 0 Å². The van der Waals surface area contributed by atoms with Crippen LogP contribution in [0.4, 0.5) is 0 Å². The monoisotopic (exact) mass is 231 g/mol. The van der Waals surface area contributed by atoms with Crippen molar-refractivity contribution in [3.05, 3.63) is 44.3 Å². The van der Waals surface area contributed by atoms with Crippen LogP contribution in [0, 0.1) is 27.7 Å². The molecule has 0 aromatic heterocycles. The van der Waals surface area contributed by atoms with E-state index in [0.29, 0.717) is 0 Å². The van der Waals surface area contributed by atoms with Gasteiger partial charge in [0.25, 0.3) is 0 Å². The molecule has 1 rings (SSSR count). The first-order valence-electron chi connectivity index (χ1n) is 5.60. The van der Waals surface area contributed by atoms with Gasteiger partial charge in [-0.1, -0.05) is 11.2 Å². The fraction of sp³-hybridized carbons (Fsp3) is 0.462. The largest absolute Gasteiger partial charge is 0.294 e. The fourth-order valence-corrected chi connectivity index (χ4v) is 1.96. The highest BCUT2D eigenvalue weighted by molar-refractivity contribution is 5.99. The second kappa shape index (κ2) is 5.51. The summed E-state index contributed by atoms with van der Waals surface area (Å²) in [7, 11) is 0. The van der Waals surface area contributed by atoms with E-state index in [0.717, 1.165) is 27.8 Å². The van der Waals surface area contributed by atoms with Gasteiger partial charge in [0, 0.05) is 23.4 Å². The van der Waals surface area contributed by atoms with Crippen LogP contribution in [0.25, 0.3) is 10.4 Å². The number of hydrogen-bond donors (Lipinski definition) is 0. The van der Waals surface area contributed by atoms with Gasteiger partial charge in [-0.2, -0.15) is 0 Å².